The minimum absolute atomic E-state index is 0.0242. The van der Waals surface area contributed by atoms with Gasteiger partial charge in [-0.1, -0.05) is 53.0 Å². The molecule has 3 aliphatic rings. The lowest BCUT2D eigenvalue weighted by atomic mass is 9.80. The van der Waals surface area contributed by atoms with Gasteiger partial charge in [-0.05, 0) is 99.9 Å². The Balaban J connectivity index is 1.20. The minimum Gasteiger partial charge on any atom is -0.485 e. The first-order valence-corrected chi connectivity index (χ1v) is 19.3. The Labute approximate surface area is 322 Å². The quantitative estimate of drug-likeness (QED) is 0.193. The highest BCUT2D eigenvalue weighted by molar-refractivity contribution is 6.37. The third-order valence-corrected chi connectivity index (χ3v) is 10.9. The summed E-state index contributed by atoms with van der Waals surface area (Å²) in [6, 6.07) is 13.9. The van der Waals surface area contributed by atoms with Crippen molar-refractivity contribution < 1.29 is 23.8 Å². The van der Waals surface area contributed by atoms with Crippen LogP contribution in [0.1, 0.15) is 74.6 Å². The molecule has 2 aromatic carbocycles. The van der Waals surface area contributed by atoms with E-state index >= 15 is 0 Å². The van der Waals surface area contributed by atoms with Crippen LogP contribution < -0.4 is 9.64 Å². The number of rotatable bonds is 11. The molecule has 0 bridgehead atoms. The van der Waals surface area contributed by atoms with E-state index < -0.39 is 17.6 Å². The van der Waals surface area contributed by atoms with E-state index in [4.69, 9.17) is 54.0 Å². The zero-order valence-electron chi connectivity index (χ0n) is 30.7. The number of benzene rings is 2. The zero-order valence-corrected chi connectivity index (χ0v) is 32.9. The highest BCUT2D eigenvalue weighted by atomic mass is 35.5. The van der Waals surface area contributed by atoms with Crippen molar-refractivity contribution in [2.45, 2.75) is 90.0 Å². The van der Waals surface area contributed by atoms with E-state index in [1.54, 1.807) is 12.0 Å². The van der Waals surface area contributed by atoms with Crippen LogP contribution in [0.4, 0.5) is 10.6 Å². The van der Waals surface area contributed by atoms with Crippen molar-refractivity contribution in [3.05, 3.63) is 86.0 Å². The van der Waals surface area contributed by atoms with Crippen molar-refractivity contribution in [2.24, 2.45) is 5.92 Å². The first-order chi connectivity index (χ1) is 24.8. The third kappa shape index (κ3) is 9.46. The summed E-state index contributed by atoms with van der Waals surface area (Å²) < 4.78 is 17.3. The summed E-state index contributed by atoms with van der Waals surface area (Å²) in [5.41, 5.74) is 3.34. The number of hydrogen-bond donors (Lipinski definition) is 0. The summed E-state index contributed by atoms with van der Waals surface area (Å²) in [5, 5.41) is 1.65. The Morgan fingerprint density at radius 1 is 0.942 bits per heavy atom. The van der Waals surface area contributed by atoms with Crippen LogP contribution >= 0.6 is 34.8 Å². The molecule has 0 unspecified atom stereocenters. The topological polar surface area (TPSA) is 84.4 Å². The standard InChI is InChI=1S/C40H49Cl3N4O5/c1-25-18-34(42)37(35(43)19-25)51-30-12-15-45(23-30)36-11-7-27(21-44-36)31-13-16-46(39(49)52-40(2,3)4)24-32(31)38(48)47(29-8-9-29)22-28-20-26(14-17-50-5)6-10-33(28)41/h6-7,10-11,18-21,29-32H,8-9,12-17,22-24H2,1-5H3/t30-,31+,32-/m0/s1. The number of aryl methyl sites for hydroxylation is 1. The van der Waals surface area contributed by atoms with Crippen molar-refractivity contribution in [1.29, 1.82) is 0 Å². The van der Waals surface area contributed by atoms with Crippen LogP contribution in [0.2, 0.25) is 15.1 Å². The lowest BCUT2D eigenvalue weighted by Gasteiger charge is -2.40. The van der Waals surface area contributed by atoms with Gasteiger partial charge in [0.15, 0.2) is 5.75 Å². The predicted octanol–water partition coefficient (Wildman–Crippen LogP) is 8.73. The van der Waals surface area contributed by atoms with Crippen LogP contribution in [-0.2, 0) is 27.2 Å². The lowest BCUT2D eigenvalue weighted by molar-refractivity contribution is -0.139. The molecule has 6 rings (SSSR count). The summed E-state index contributed by atoms with van der Waals surface area (Å²) in [6.45, 7) is 10.7. The Morgan fingerprint density at radius 3 is 2.35 bits per heavy atom. The summed E-state index contributed by atoms with van der Waals surface area (Å²) in [4.78, 5) is 38.8. The second kappa shape index (κ2) is 16.4. The maximum atomic E-state index is 14.7. The van der Waals surface area contributed by atoms with Crippen LogP contribution in [0.25, 0.3) is 0 Å². The Morgan fingerprint density at radius 2 is 1.69 bits per heavy atom. The van der Waals surface area contributed by atoms with Gasteiger partial charge in [0.05, 0.1) is 29.1 Å². The molecule has 1 saturated carbocycles. The second-order valence-corrected chi connectivity index (χ2v) is 16.5. The highest BCUT2D eigenvalue weighted by Gasteiger charge is 2.43. The first-order valence-electron chi connectivity index (χ1n) is 18.2. The fourth-order valence-corrected chi connectivity index (χ4v) is 8.05. The van der Waals surface area contributed by atoms with Crippen LogP contribution in [0.15, 0.2) is 48.7 Å². The van der Waals surface area contributed by atoms with E-state index in [0.29, 0.717) is 53.5 Å². The van der Waals surface area contributed by atoms with Gasteiger partial charge >= 0.3 is 6.09 Å². The van der Waals surface area contributed by atoms with Crippen molar-refractivity contribution in [3.8, 4) is 5.75 Å². The molecular weight excluding hydrogens is 723 g/mol. The van der Waals surface area contributed by atoms with Crippen molar-refractivity contribution in [2.75, 3.05) is 44.8 Å². The molecule has 3 fully saturated rings. The Hall–Kier alpha value is -3.24. The minimum atomic E-state index is -0.643. The molecule has 9 nitrogen and oxygen atoms in total. The van der Waals surface area contributed by atoms with Crippen LogP contribution in [0.3, 0.4) is 0 Å². The number of aromatic nitrogens is 1. The number of likely N-dealkylation sites (tertiary alicyclic amines) is 1. The molecule has 52 heavy (non-hydrogen) atoms. The summed E-state index contributed by atoms with van der Waals surface area (Å²) in [7, 11) is 1.69. The number of pyridine rings is 1. The van der Waals surface area contributed by atoms with E-state index in [1.165, 1.54) is 0 Å². The smallest absolute Gasteiger partial charge is 0.410 e. The van der Waals surface area contributed by atoms with Crippen LogP contribution in [0, 0.1) is 12.8 Å². The molecule has 2 aliphatic heterocycles. The Kier molecular flexibility index (Phi) is 12.1. The molecule has 1 aromatic heterocycles. The van der Waals surface area contributed by atoms with E-state index in [0.717, 1.165) is 60.3 Å². The maximum absolute atomic E-state index is 14.7. The van der Waals surface area contributed by atoms with Gasteiger partial charge in [0.2, 0.25) is 5.91 Å². The number of piperidine rings is 1. The zero-order chi connectivity index (χ0) is 37.2. The van der Waals surface area contributed by atoms with Crippen molar-refractivity contribution >= 4 is 52.6 Å². The second-order valence-electron chi connectivity index (χ2n) is 15.3. The molecule has 3 aromatic rings. The molecule has 3 heterocycles. The number of carbonyl (C=O) groups excluding carboxylic acids is 2. The average Bonchev–Trinajstić information content (AvgIpc) is 3.84. The fourth-order valence-electron chi connectivity index (χ4n) is 7.19. The Bertz CT molecular complexity index is 1720. The number of nitrogens with zero attached hydrogens (tertiary/aromatic N) is 4. The van der Waals surface area contributed by atoms with Gasteiger partial charge in [-0.2, -0.15) is 0 Å². The van der Waals surface area contributed by atoms with Crippen molar-refractivity contribution in [3.63, 3.8) is 0 Å². The van der Waals surface area contributed by atoms with E-state index in [-0.39, 0.29) is 30.5 Å². The van der Waals surface area contributed by atoms with Gasteiger partial charge in [-0.15, -0.1) is 0 Å². The number of ether oxygens (including phenoxy) is 3. The number of amides is 2. The molecule has 0 radical (unpaired) electrons. The summed E-state index contributed by atoms with van der Waals surface area (Å²) >= 11 is 19.6. The molecule has 280 valence electrons. The van der Waals surface area contributed by atoms with Gasteiger partial charge < -0.3 is 28.9 Å². The molecule has 0 N–H and O–H groups in total. The number of carbonyl (C=O) groups is 2. The fraction of sp³-hybridized carbons (Fsp3) is 0.525. The molecule has 0 spiro atoms. The van der Waals surface area contributed by atoms with Gasteiger partial charge in [-0.25, -0.2) is 9.78 Å². The molecule has 1 aliphatic carbocycles. The third-order valence-electron chi connectivity index (χ3n) is 9.99. The predicted molar refractivity (Wildman–Crippen MR) is 206 cm³/mol. The molecular formula is C40H49Cl3N4O5. The number of halogens is 3. The number of hydrogen-bond acceptors (Lipinski definition) is 7. The summed E-state index contributed by atoms with van der Waals surface area (Å²) in [5.74, 6) is 0.777. The first kappa shape index (κ1) is 38.5. The normalized spacial score (nSPS) is 20.6. The average molecular weight is 772 g/mol. The van der Waals surface area contributed by atoms with Gasteiger partial charge in [0.25, 0.3) is 0 Å². The molecule has 12 heteroatoms. The maximum Gasteiger partial charge on any atom is 0.410 e. The van der Waals surface area contributed by atoms with Gasteiger partial charge in [0.1, 0.15) is 17.5 Å². The van der Waals surface area contributed by atoms with Crippen molar-refractivity contribution in [1.82, 2.24) is 14.8 Å². The largest absolute Gasteiger partial charge is 0.485 e. The summed E-state index contributed by atoms with van der Waals surface area (Å²) in [6.07, 6.45) is 5.47. The van der Waals surface area contributed by atoms with Crippen LogP contribution in [0.5, 0.6) is 5.75 Å². The van der Waals surface area contributed by atoms with E-state index in [1.807, 2.05) is 69.1 Å². The van der Waals surface area contributed by atoms with E-state index in [2.05, 4.69) is 17.0 Å². The highest BCUT2D eigenvalue weighted by Crippen LogP contribution is 2.40. The van der Waals surface area contributed by atoms with Crippen LogP contribution in [-0.4, -0.2) is 84.4 Å². The lowest BCUT2D eigenvalue weighted by Crippen LogP contribution is -2.51. The van der Waals surface area contributed by atoms with Gasteiger partial charge in [0, 0.05) is 62.9 Å². The van der Waals surface area contributed by atoms with Gasteiger partial charge in [-0.3, -0.25) is 4.79 Å². The number of methoxy groups -OCH3 is 1. The SMILES string of the molecule is COCCc1ccc(Cl)c(CN(C(=O)[C@H]2CN(C(=O)OC(C)(C)C)CC[C@@H]2c2ccc(N3CC[C@H](Oc4c(Cl)cc(C)cc4Cl)C3)nc2)C2CC2)c1. The molecule has 2 amide bonds. The number of anilines is 1. The van der Waals surface area contributed by atoms with E-state index in [9.17, 15) is 9.59 Å². The monoisotopic (exact) mass is 770 g/mol. The molecule has 2 saturated heterocycles. The molecule has 3 atom stereocenters.